The fourth-order valence-electron chi connectivity index (χ4n) is 2.48. The highest BCUT2D eigenvalue weighted by molar-refractivity contribution is 6.14. The van der Waals surface area contributed by atoms with Crippen LogP contribution in [0, 0.1) is 10.1 Å². The van der Waals surface area contributed by atoms with E-state index >= 15 is 0 Å². The number of para-hydroxylation sites is 1. The van der Waals surface area contributed by atoms with E-state index in [1.807, 2.05) is 0 Å². The lowest BCUT2D eigenvalue weighted by Gasteiger charge is -2.09. The van der Waals surface area contributed by atoms with Crippen LogP contribution in [0.1, 0.15) is 21.9 Å². The molecule has 2 heterocycles. The van der Waals surface area contributed by atoms with Crippen LogP contribution >= 0.6 is 0 Å². The predicted molar refractivity (Wildman–Crippen MR) is 90.2 cm³/mol. The molecule has 0 atom stereocenters. The van der Waals surface area contributed by atoms with Gasteiger partial charge < -0.3 is 14.5 Å². The number of esters is 1. The molecule has 0 unspecified atom stereocenters. The fraction of sp³-hybridized carbons (Fsp3) is 0.118. The Bertz CT molecular complexity index is 976. The zero-order valence-corrected chi connectivity index (χ0v) is 14.0. The van der Waals surface area contributed by atoms with E-state index in [0.717, 1.165) is 4.90 Å². The monoisotopic (exact) mass is 371 g/mol. The number of benzene rings is 1. The Labute approximate surface area is 152 Å². The summed E-state index contributed by atoms with van der Waals surface area (Å²) < 4.78 is 9.76. The Hall–Kier alpha value is -3.95. The molecule has 138 valence electrons. The number of ether oxygens (including phenoxy) is 1. The van der Waals surface area contributed by atoms with E-state index in [9.17, 15) is 24.5 Å². The van der Waals surface area contributed by atoms with Crippen molar-refractivity contribution in [3.8, 4) is 0 Å². The molecule has 0 spiro atoms. The molecule has 1 aromatic carbocycles. The van der Waals surface area contributed by atoms with Crippen molar-refractivity contribution in [2.24, 2.45) is 0 Å². The Morgan fingerprint density at radius 1 is 1.30 bits per heavy atom. The molecule has 1 fully saturated rings. The first kappa shape index (κ1) is 17.9. The highest BCUT2D eigenvalue weighted by Gasteiger charge is 2.34. The molecule has 1 aliphatic rings. The van der Waals surface area contributed by atoms with Gasteiger partial charge in [0, 0.05) is 6.07 Å². The number of nitro groups is 1. The number of hydrogen-bond donors (Lipinski definition) is 1. The maximum Gasteiger partial charge on any atom is 0.373 e. The van der Waals surface area contributed by atoms with Crippen molar-refractivity contribution in [1.82, 2.24) is 10.2 Å². The lowest BCUT2D eigenvalue weighted by molar-refractivity contribution is -0.385. The summed E-state index contributed by atoms with van der Waals surface area (Å²) in [4.78, 5) is 47.3. The lowest BCUT2D eigenvalue weighted by Crippen LogP contribution is -2.30. The van der Waals surface area contributed by atoms with Crippen LogP contribution in [0.15, 0.2) is 46.5 Å². The average Bonchev–Trinajstić information content (AvgIpc) is 3.22. The molecule has 2 aromatic rings. The number of imide groups is 1. The van der Waals surface area contributed by atoms with E-state index < -0.39 is 22.8 Å². The molecular formula is C17H13N3O7. The molecule has 1 saturated heterocycles. The summed E-state index contributed by atoms with van der Waals surface area (Å²) in [6, 6.07) is 7.93. The van der Waals surface area contributed by atoms with Crippen molar-refractivity contribution in [2.45, 2.75) is 6.54 Å². The molecule has 0 radical (unpaired) electrons. The van der Waals surface area contributed by atoms with Crippen LogP contribution in [0.2, 0.25) is 0 Å². The van der Waals surface area contributed by atoms with E-state index in [1.165, 1.54) is 43.5 Å². The highest BCUT2D eigenvalue weighted by Crippen LogP contribution is 2.23. The van der Waals surface area contributed by atoms with Crippen LogP contribution in [0.5, 0.6) is 0 Å². The van der Waals surface area contributed by atoms with Crippen LogP contribution in [-0.4, -0.2) is 34.8 Å². The van der Waals surface area contributed by atoms with Crippen LogP contribution in [0.3, 0.4) is 0 Å². The van der Waals surface area contributed by atoms with Gasteiger partial charge in [0.25, 0.3) is 11.6 Å². The van der Waals surface area contributed by atoms with Gasteiger partial charge >= 0.3 is 12.0 Å². The minimum absolute atomic E-state index is 0.0600. The molecule has 0 aliphatic carbocycles. The molecule has 0 saturated carbocycles. The SMILES string of the molecule is COC(=O)c1ccc(CN2C(=O)N/C(=C\c3ccccc3[N+](=O)[O-])C2=O)o1. The van der Waals surface area contributed by atoms with Crippen molar-refractivity contribution in [2.75, 3.05) is 7.11 Å². The van der Waals surface area contributed by atoms with Gasteiger partial charge in [-0.1, -0.05) is 12.1 Å². The second-order valence-electron chi connectivity index (χ2n) is 5.45. The van der Waals surface area contributed by atoms with E-state index in [2.05, 4.69) is 10.1 Å². The van der Waals surface area contributed by atoms with E-state index in [1.54, 1.807) is 6.07 Å². The largest absolute Gasteiger partial charge is 0.463 e. The number of furan rings is 1. The molecule has 1 aromatic heterocycles. The van der Waals surface area contributed by atoms with Gasteiger partial charge in [0.15, 0.2) is 0 Å². The number of nitro benzene ring substituents is 1. The molecule has 0 bridgehead atoms. The van der Waals surface area contributed by atoms with E-state index in [4.69, 9.17) is 4.42 Å². The minimum Gasteiger partial charge on any atom is -0.463 e. The number of urea groups is 1. The molecule has 3 rings (SSSR count). The summed E-state index contributed by atoms with van der Waals surface area (Å²) in [7, 11) is 1.20. The van der Waals surface area contributed by atoms with Crippen LogP contribution < -0.4 is 5.32 Å². The van der Waals surface area contributed by atoms with Gasteiger partial charge in [-0.3, -0.25) is 19.8 Å². The number of nitrogens with zero attached hydrogens (tertiary/aromatic N) is 2. The third-order valence-electron chi connectivity index (χ3n) is 3.76. The lowest BCUT2D eigenvalue weighted by atomic mass is 10.1. The van der Waals surface area contributed by atoms with Crippen molar-refractivity contribution in [3.63, 3.8) is 0 Å². The normalized spacial score (nSPS) is 15.1. The number of amides is 3. The third kappa shape index (κ3) is 3.54. The minimum atomic E-state index is -0.708. The second kappa shape index (κ2) is 7.12. The predicted octanol–water partition coefficient (Wildman–Crippen LogP) is 2.07. The number of rotatable bonds is 5. The summed E-state index contributed by atoms with van der Waals surface area (Å²) in [5.41, 5.74) is -0.118. The molecular weight excluding hydrogens is 358 g/mol. The number of methoxy groups -OCH3 is 1. The summed E-state index contributed by atoms with van der Waals surface area (Å²) in [5.74, 6) is -1.22. The smallest absolute Gasteiger partial charge is 0.373 e. The van der Waals surface area contributed by atoms with Gasteiger partial charge in [0.05, 0.1) is 24.1 Å². The highest BCUT2D eigenvalue weighted by atomic mass is 16.6. The van der Waals surface area contributed by atoms with E-state index in [0.29, 0.717) is 0 Å². The molecule has 1 aliphatic heterocycles. The summed E-state index contributed by atoms with van der Waals surface area (Å²) in [6.07, 6.45) is 1.24. The van der Waals surface area contributed by atoms with Crippen molar-refractivity contribution >= 4 is 29.7 Å². The maximum absolute atomic E-state index is 12.5. The van der Waals surface area contributed by atoms with Crippen molar-refractivity contribution in [1.29, 1.82) is 0 Å². The topological polar surface area (TPSA) is 132 Å². The van der Waals surface area contributed by atoms with Crippen LogP contribution in [0.4, 0.5) is 10.5 Å². The maximum atomic E-state index is 12.5. The molecule has 10 nitrogen and oxygen atoms in total. The van der Waals surface area contributed by atoms with Gasteiger partial charge in [-0.15, -0.1) is 0 Å². The van der Waals surface area contributed by atoms with Gasteiger partial charge in [-0.25, -0.2) is 9.59 Å². The van der Waals surface area contributed by atoms with Gasteiger partial charge in [0.2, 0.25) is 5.76 Å². The van der Waals surface area contributed by atoms with Crippen LogP contribution in [0.25, 0.3) is 6.08 Å². The Balaban J connectivity index is 1.82. The zero-order chi connectivity index (χ0) is 19.6. The average molecular weight is 371 g/mol. The molecule has 1 N–H and O–H groups in total. The first-order chi connectivity index (χ1) is 12.9. The number of carbonyl (C=O) groups excluding carboxylic acids is 3. The molecule has 3 amide bonds. The van der Waals surface area contributed by atoms with Crippen molar-refractivity contribution in [3.05, 3.63) is 69.3 Å². The number of nitrogens with one attached hydrogen (secondary N) is 1. The number of hydrogen-bond acceptors (Lipinski definition) is 7. The molecule has 27 heavy (non-hydrogen) atoms. The third-order valence-corrected chi connectivity index (χ3v) is 3.76. The Morgan fingerprint density at radius 2 is 2.04 bits per heavy atom. The Kier molecular flexibility index (Phi) is 4.71. The van der Waals surface area contributed by atoms with Gasteiger partial charge in [0.1, 0.15) is 11.5 Å². The van der Waals surface area contributed by atoms with E-state index in [-0.39, 0.29) is 35.0 Å². The summed E-state index contributed by atoms with van der Waals surface area (Å²) >= 11 is 0. The first-order valence-electron chi connectivity index (χ1n) is 7.65. The van der Waals surface area contributed by atoms with Gasteiger partial charge in [-0.2, -0.15) is 0 Å². The zero-order valence-electron chi connectivity index (χ0n) is 14.0. The Morgan fingerprint density at radius 3 is 2.74 bits per heavy atom. The summed E-state index contributed by atoms with van der Waals surface area (Å²) in [5, 5.41) is 13.4. The van der Waals surface area contributed by atoms with Crippen LogP contribution in [-0.2, 0) is 16.1 Å². The quantitative estimate of drug-likeness (QED) is 0.280. The standard InChI is InChI=1S/C17H13N3O7/c1-26-16(22)14-7-6-11(27-14)9-19-15(21)12(18-17(19)23)8-10-4-2-3-5-13(10)20(24)25/h2-8H,9H2,1H3,(H,18,23)/b12-8-. The second-order valence-corrected chi connectivity index (χ2v) is 5.45. The van der Waals surface area contributed by atoms with Gasteiger partial charge in [-0.05, 0) is 24.3 Å². The van der Waals surface area contributed by atoms with Crippen molar-refractivity contribution < 1.29 is 28.5 Å². The fourth-order valence-corrected chi connectivity index (χ4v) is 2.48. The molecule has 10 heteroatoms. The first-order valence-corrected chi connectivity index (χ1v) is 7.65. The number of carbonyl (C=O) groups is 3. The summed E-state index contributed by atoms with van der Waals surface area (Å²) in [6.45, 7) is -0.212.